The lowest BCUT2D eigenvalue weighted by Crippen LogP contribution is -2.15. The molecule has 0 saturated heterocycles. The number of hydrogen-bond acceptors (Lipinski definition) is 5. The average molecular weight is 398 g/mol. The van der Waals surface area contributed by atoms with Crippen LogP contribution in [0, 0.1) is 0 Å². The maximum atomic E-state index is 13.0. The molecular formula is C25H18O5. The third kappa shape index (κ3) is 3.86. The van der Waals surface area contributed by atoms with Crippen LogP contribution in [0.3, 0.4) is 0 Å². The third-order valence-corrected chi connectivity index (χ3v) is 4.75. The van der Waals surface area contributed by atoms with Crippen molar-refractivity contribution in [2.75, 3.05) is 7.11 Å². The number of methoxy groups -OCH3 is 1. The summed E-state index contributed by atoms with van der Waals surface area (Å²) >= 11 is 0. The Kier molecular flexibility index (Phi) is 5.18. The lowest BCUT2D eigenvalue weighted by molar-refractivity contribution is 0.0730. The van der Waals surface area contributed by atoms with Gasteiger partial charge in [-0.25, -0.2) is 4.79 Å². The largest absolute Gasteiger partial charge is 0.508 e. The van der Waals surface area contributed by atoms with E-state index in [0.29, 0.717) is 17.1 Å². The van der Waals surface area contributed by atoms with E-state index in [1.54, 1.807) is 18.2 Å². The fraction of sp³-hybridized carbons (Fsp3) is 0.0400. The number of aromatic hydroxyl groups is 1. The predicted molar refractivity (Wildman–Crippen MR) is 113 cm³/mol. The van der Waals surface area contributed by atoms with Crippen molar-refractivity contribution in [3.63, 3.8) is 0 Å². The van der Waals surface area contributed by atoms with Crippen molar-refractivity contribution in [3.8, 4) is 17.2 Å². The number of carbonyl (C=O) groups excluding carboxylic acids is 2. The molecule has 4 rings (SSSR count). The molecule has 0 aromatic heterocycles. The minimum absolute atomic E-state index is 0.0492. The van der Waals surface area contributed by atoms with E-state index >= 15 is 0 Å². The van der Waals surface area contributed by atoms with Gasteiger partial charge in [0.25, 0.3) is 0 Å². The molecule has 0 aliphatic heterocycles. The molecule has 4 aromatic carbocycles. The van der Waals surface area contributed by atoms with E-state index in [4.69, 9.17) is 9.47 Å². The van der Waals surface area contributed by atoms with Crippen LogP contribution in [0.15, 0.2) is 84.9 Å². The summed E-state index contributed by atoms with van der Waals surface area (Å²) < 4.78 is 10.8. The van der Waals surface area contributed by atoms with Gasteiger partial charge in [-0.05, 0) is 65.4 Å². The van der Waals surface area contributed by atoms with Crippen LogP contribution in [-0.2, 0) is 0 Å². The maximum absolute atomic E-state index is 13.0. The molecule has 0 amide bonds. The molecule has 30 heavy (non-hydrogen) atoms. The number of esters is 1. The van der Waals surface area contributed by atoms with E-state index in [2.05, 4.69) is 0 Å². The van der Waals surface area contributed by atoms with Crippen molar-refractivity contribution < 1.29 is 24.2 Å². The first kappa shape index (κ1) is 19.2. The molecule has 0 radical (unpaired) electrons. The second kappa shape index (κ2) is 8.09. The van der Waals surface area contributed by atoms with Crippen LogP contribution in [-0.4, -0.2) is 24.0 Å². The second-order valence-electron chi connectivity index (χ2n) is 6.69. The highest BCUT2D eigenvalue weighted by molar-refractivity contribution is 6.15. The summed E-state index contributed by atoms with van der Waals surface area (Å²) in [6.07, 6.45) is 0. The van der Waals surface area contributed by atoms with Gasteiger partial charge in [-0.1, -0.05) is 30.3 Å². The molecule has 0 heterocycles. The highest BCUT2D eigenvalue weighted by atomic mass is 16.5. The highest BCUT2D eigenvalue weighted by Gasteiger charge is 2.21. The van der Waals surface area contributed by atoms with Crippen molar-refractivity contribution in [1.82, 2.24) is 0 Å². The summed E-state index contributed by atoms with van der Waals surface area (Å²) in [4.78, 5) is 25.9. The van der Waals surface area contributed by atoms with Crippen LogP contribution in [0.2, 0.25) is 0 Å². The molecule has 148 valence electrons. The predicted octanol–water partition coefficient (Wildman–Crippen LogP) is 5.00. The van der Waals surface area contributed by atoms with Crippen LogP contribution in [0.1, 0.15) is 26.3 Å². The van der Waals surface area contributed by atoms with E-state index in [0.717, 1.165) is 10.8 Å². The molecule has 0 unspecified atom stereocenters. The molecule has 0 spiro atoms. The van der Waals surface area contributed by atoms with Gasteiger partial charge < -0.3 is 14.6 Å². The Hall–Kier alpha value is -4.12. The summed E-state index contributed by atoms with van der Waals surface area (Å²) in [6.45, 7) is 0. The molecule has 1 N–H and O–H groups in total. The summed E-state index contributed by atoms with van der Waals surface area (Å²) in [6, 6.07) is 23.5. The lowest BCUT2D eigenvalue weighted by atomic mass is 9.98. The summed E-state index contributed by atoms with van der Waals surface area (Å²) in [5.74, 6) is -0.139. The molecule has 0 aliphatic carbocycles. The maximum Gasteiger partial charge on any atom is 0.344 e. The van der Waals surface area contributed by atoms with Gasteiger partial charge in [-0.2, -0.15) is 0 Å². The van der Waals surface area contributed by atoms with Crippen molar-refractivity contribution in [2.24, 2.45) is 0 Å². The summed E-state index contributed by atoms with van der Waals surface area (Å²) in [5.41, 5.74) is 0.619. The Morgan fingerprint density at radius 3 is 2.17 bits per heavy atom. The van der Waals surface area contributed by atoms with E-state index < -0.39 is 5.97 Å². The lowest BCUT2D eigenvalue weighted by Gasteiger charge is -2.11. The minimum atomic E-state index is -0.643. The fourth-order valence-electron chi connectivity index (χ4n) is 3.18. The number of phenolic OH excluding ortho intramolecular Hbond substituents is 1. The zero-order chi connectivity index (χ0) is 21.1. The Morgan fingerprint density at radius 1 is 0.733 bits per heavy atom. The van der Waals surface area contributed by atoms with Gasteiger partial charge >= 0.3 is 5.97 Å². The first-order valence-corrected chi connectivity index (χ1v) is 9.28. The molecule has 0 fully saturated rings. The Bertz CT molecular complexity index is 1240. The first-order valence-electron chi connectivity index (χ1n) is 9.28. The standard InChI is InChI=1S/C25H18O5/c1-29-20-12-13-22(23(15-20)24(27)17-6-9-19(26)10-7-17)25(28)30-21-11-8-16-4-2-3-5-18(16)14-21/h2-15,26H,1H3. The van der Waals surface area contributed by atoms with Gasteiger partial charge in [0.05, 0.1) is 12.7 Å². The first-order chi connectivity index (χ1) is 14.5. The summed E-state index contributed by atoms with van der Waals surface area (Å²) in [5, 5.41) is 11.4. The quantitative estimate of drug-likeness (QED) is 0.291. The molecular weight excluding hydrogens is 380 g/mol. The number of phenols is 1. The van der Waals surface area contributed by atoms with Crippen molar-refractivity contribution in [3.05, 3.63) is 102 Å². The smallest absolute Gasteiger partial charge is 0.344 e. The SMILES string of the molecule is COc1ccc(C(=O)Oc2ccc3ccccc3c2)c(C(=O)c2ccc(O)cc2)c1. The normalized spacial score (nSPS) is 10.6. The zero-order valence-corrected chi connectivity index (χ0v) is 16.2. The Labute approximate surface area is 173 Å². The van der Waals surface area contributed by atoms with Crippen LogP contribution in [0.25, 0.3) is 10.8 Å². The van der Waals surface area contributed by atoms with Gasteiger partial charge in [0, 0.05) is 11.1 Å². The Morgan fingerprint density at radius 2 is 1.43 bits per heavy atom. The van der Waals surface area contributed by atoms with Crippen LogP contribution >= 0.6 is 0 Å². The number of carbonyl (C=O) groups is 2. The van der Waals surface area contributed by atoms with Crippen molar-refractivity contribution >= 4 is 22.5 Å². The number of benzene rings is 4. The van der Waals surface area contributed by atoms with Crippen molar-refractivity contribution in [1.29, 1.82) is 0 Å². The van der Waals surface area contributed by atoms with Gasteiger partial charge in [0.15, 0.2) is 5.78 Å². The zero-order valence-electron chi connectivity index (χ0n) is 16.2. The number of ketones is 1. The molecule has 5 heteroatoms. The topological polar surface area (TPSA) is 72.8 Å². The number of fused-ring (bicyclic) bond motifs is 1. The van der Waals surface area contributed by atoms with Gasteiger partial charge in [-0.3, -0.25) is 4.79 Å². The van der Waals surface area contributed by atoms with E-state index in [1.807, 2.05) is 30.3 Å². The molecule has 4 aromatic rings. The van der Waals surface area contributed by atoms with Gasteiger partial charge in [0.1, 0.15) is 17.2 Å². The summed E-state index contributed by atoms with van der Waals surface area (Å²) in [7, 11) is 1.48. The van der Waals surface area contributed by atoms with E-state index in [1.165, 1.54) is 43.5 Å². The monoisotopic (exact) mass is 398 g/mol. The van der Waals surface area contributed by atoms with E-state index in [9.17, 15) is 14.7 Å². The second-order valence-corrected chi connectivity index (χ2v) is 6.69. The molecule has 0 saturated carbocycles. The van der Waals surface area contributed by atoms with Crippen LogP contribution in [0.5, 0.6) is 17.2 Å². The molecule has 0 aliphatic rings. The molecule has 0 atom stereocenters. The van der Waals surface area contributed by atoms with Crippen molar-refractivity contribution in [2.45, 2.75) is 0 Å². The Balaban J connectivity index is 1.69. The third-order valence-electron chi connectivity index (χ3n) is 4.75. The molecule has 0 bridgehead atoms. The van der Waals surface area contributed by atoms with Crippen LogP contribution in [0.4, 0.5) is 0 Å². The fourth-order valence-corrected chi connectivity index (χ4v) is 3.18. The van der Waals surface area contributed by atoms with E-state index in [-0.39, 0.29) is 22.7 Å². The number of hydrogen-bond donors (Lipinski definition) is 1. The van der Waals surface area contributed by atoms with Crippen LogP contribution < -0.4 is 9.47 Å². The number of rotatable bonds is 5. The minimum Gasteiger partial charge on any atom is -0.508 e. The average Bonchev–Trinajstić information content (AvgIpc) is 2.78. The van der Waals surface area contributed by atoms with Gasteiger partial charge in [0.2, 0.25) is 0 Å². The van der Waals surface area contributed by atoms with Gasteiger partial charge in [-0.15, -0.1) is 0 Å². The molecule has 5 nitrogen and oxygen atoms in total. The highest BCUT2D eigenvalue weighted by Crippen LogP contribution is 2.25. The number of ether oxygens (including phenoxy) is 2.